The van der Waals surface area contributed by atoms with Gasteiger partial charge in [-0.3, -0.25) is 0 Å². The van der Waals surface area contributed by atoms with Crippen LogP contribution in [0.1, 0.15) is 49.1 Å². The predicted molar refractivity (Wildman–Crippen MR) is 90.7 cm³/mol. The highest BCUT2D eigenvalue weighted by molar-refractivity contribution is 5.34. The zero-order valence-electron chi connectivity index (χ0n) is 14.0. The van der Waals surface area contributed by atoms with Crippen LogP contribution < -0.4 is 5.32 Å². The van der Waals surface area contributed by atoms with Gasteiger partial charge < -0.3 is 9.88 Å². The first-order valence-corrected chi connectivity index (χ1v) is 7.97. The van der Waals surface area contributed by atoms with E-state index in [4.69, 9.17) is 0 Å². The third-order valence-corrected chi connectivity index (χ3v) is 4.21. The molecule has 1 heterocycles. The van der Waals surface area contributed by atoms with Gasteiger partial charge in [0.2, 0.25) is 0 Å². The minimum atomic E-state index is 0.439. The molecular formula is C19H28N2. The standard InChI is InChI=1S/C19H28N2/c1-6-20-19(14(2)3)17-10-11-21(12-17)13-18-15(4)8-7-9-16(18)5/h7-12,14,19-20H,6,13H2,1-5H3. The number of nitrogens with zero attached hydrogens (tertiary/aromatic N) is 1. The van der Waals surface area contributed by atoms with E-state index in [-0.39, 0.29) is 0 Å². The Hall–Kier alpha value is -1.54. The van der Waals surface area contributed by atoms with Crippen LogP contribution >= 0.6 is 0 Å². The highest BCUT2D eigenvalue weighted by Crippen LogP contribution is 2.23. The van der Waals surface area contributed by atoms with Crippen LogP contribution in [0, 0.1) is 19.8 Å². The van der Waals surface area contributed by atoms with Crippen LogP contribution in [0.4, 0.5) is 0 Å². The van der Waals surface area contributed by atoms with E-state index in [0.717, 1.165) is 13.1 Å². The Morgan fingerprint density at radius 2 is 1.76 bits per heavy atom. The molecule has 114 valence electrons. The zero-order valence-corrected chi connectivity index (χ0v) is 14.0. The summed E-state index contributed by atoms with van der Waals surface area (Å²) in [5.74, 6) is 0.598. The number of rotatable bonds is 6. The molecule has 0 aliphatic heterocycles. The summed E-state index contributed by atoms with van der Waals surface area (Å²) in [6.45, 7) is 13.1. The van der Waals surface area contributed by atoms with Gasteiger partial charge in [-0.25, -0.2) is 0 Å². The molecule has 1 unspecified atom stereocenters. The van der Waals surface area contributed by atoms with E-state index in [0.29, 0.717) is 12.0 Å². The Morgan fingerprint density at radius 1 is 1.10 bits per heavy atom. The van der Waals surface area contributed by atoms with Gasteiger partial charge >= 0.3 is 0 Å². The van der Waals surface area contributed by atoms with E-state index >= 15 is 0 Å². The Morgan fingerprint density at radius 3 is 2.33 bits per heavy atom. The second-order valence-corrected chi connectivity index (χ2v) is 6.27. The lowest BCUT2D eigenvalue weighted by Gasteiger charge is -2.20. The van der Waals surface area contributed by atoms with E-state index in [2.05, 4.69) is 81.2 Å². The van der Waals surface area contributed by atoms with Crippen molar-refractivity contribution in [1.29, 1.82) is 0 Å². The predicted octanol–water partition coefficient (Wildman–Crippen LogP) is 4.46. The first kappa shape index (κ1) is 15.8. The van der Waals surface area contributed by atoms with Crippen molar-refractivity contribution in [2.75, 3.05) is 6.54 Å². The van der Waals surface area contributed by atoms with Crippen LogP contribution in [0.5, 0.6) is 0 Å². The molecule has 0 aliphatic carbocycles. The molecule has 0 fully saturated rings. The lowest BCUT2D eigenvalue weighted by atomic mass is 9.98. The first-order chi connectivity index (χ1) is 10.0. The van der Waals surface area contributed by atoms with Gasteiger partial charge in [0.25, 0.3) is 0 Å². The van der Waals surface area contributed by atoms with Crippen molar-refractivity contribution in [3.05, 3.63) is 58.9 Å². The molecule has 0 amide bonds. The molecule has 2 rings (SSSR count). The molecule has 21 heavy (non-hydrogen) atoms. The number of hydrogen-bond donors (Lipinski definition) is 1. The molecule has 1 N–H and O–H groups in total. The molecule has 2 aromatic rings. The largest absolute Gasteiger partial charge is 0.350 e. The van der Waals surface area contributed by atoms with Gasteiger partial charge in [-0.2, -0.15) is 0 Å². The third kappa shape index (κ3) is 3.76. The van der Waals surface area contributed by atoms with Gasteiger partial charge in [0, 0.05) is 25.0 Å². The molecule has 1 atom stereocenters. The highest BCUT2D eigenvalue weighted by atomic mass is 15.0. The maximum Gasteiger partial charge on any atom is 0.0475 e. The average Bonchev–Trinajstić information content (AvgIpc) is 2.88. The summed E-state index contributed by atoms with van der Waals surface area (Å²) in [6, 6.07) is 9.22. The zero-order chi connectivity index (χ0) is 15.4. The molecule has 0 aliphatic rings. The van der Waals surface area contributed by atoms with E-state index in [1.54, 1.807) is 0 Å². The molecule has 1 aromatic heterocycles. The number of benzene rings is 1. The molecule has 2 heteroatoms. The van der Waals surface area contributed by atoms with Crippen LogP contribution in [0.2, 0.25) is 0 Å². The fraction of sp³-hybridized carbons (Fsp3) is 0.474. The smallest absolute Gasteiger partial charge is 0.0475 e. The van der Waals surface area contributed by atoms with Crippen molar-refractivity contribution < 1.29 is 0 Å². The summed E-state index contributed by atoms with van der Waals surface area (Å²) in [7, 11) is 0. The van der Waals surface area contributed by atoms with Crippen molar-refractivity contribution in [2.45, 2.75) is 47.2 Å². The average molecular weight is 284 g/mol. The van der Waals surface area contributed by atoms with E-state index in [1.165, 1.54) is 22.3 Å². The van der Waals surface area contributed by atoms with Gasteiger partial charge in [-0.15, -0.1) is 0 Å². The molecule has 0 bridgehead atoms. The van der Waals surface area contributed by atoms with Crippen LogP contribution in [-0.4, -0.2) is 11.1 Å². The fourth-order valence-electron chi connectivity index (χ4n) is 2.98. The maximum atomic E-state index is 3.58. The van der Waals surface area contributed by atoms with Crippen LogP contribution in [-0.2, 0) is 6.54 Å². The van der Waals surface area contributed by atoms with Gasteiger partial charge in [0.05, 0.1) is 0 Å². The summed E-state index contributed by atoms with van der Waals surface area (Å²) < 4.78 is 2.30. The quantitative estimate of drug-likeness (QED) is 0.828. The lowest BCUT2D eigenvalue weighted by molar-refractivity contribution is 0.421. The Kier molecular flexibility index (Phi) is 5.24. The molecular weight excluding hydrogens is 256 g/mol. The summed E-state index contributed by atoms with van der Waals surface area (Å²) in [5.41, 5.74) is 5.57. The number of aryl methyl sites for hydroxylation is 2. The monoisotopic (exact) mass is 284 g/mol. The molecule has 0 spiro atoms. The van der Waals surface area contributed by atoms with Crippen molar-refractivity contribution in [3.8, 4) is 0 Å². The number of nitrogens with one attached hydrogen (secondary N) is 1. The molecule has 0 saturated carbocycles. The third-order valence-electron chi connectivity index (χ3n) is 4.21. The number of hydrogen-bond acceptors (Lipinski definition) is 1. The molecule has 0 radical (unpaired) electrons. The second kappa shape index (κ2) is 6.95. The van der Waals surface area contributed by atoms with Gasteiger partial charge in [-0.1, -0.05) is 39.0 Å². The molecule has 0 saturated heterocycles. The van der Waals surface area contributed by atoms with Crippen LogP contribution in [0.25, 0.3) is 0 Å². The first-order valence-electron chi connectivity index (χ1n) is 7.97. The van der Waals surface area contributed by atoms with Crippen molar-refractivity contribution >= 4 is 0 Å². The number of aromatic nitrogens is 1. The van der Waals surface area contributed by atoms with E-state index in [1.807, 2.05) is 0 Å². The molecule has 2 nitrogen and oxygen atoms in total. The van der Waals surface area contributed by atoms with Gasteiger partial charge in [0.1, 0.15) is 0 Å². The van der Waals surface area contributed by atoms with Crippen LogP contribution in [0.3, 0.4) is 0 Å². The Bertz CT molecular complexity index is 561. The summed E-state index contributed by atoms with van der Waals surface area (Å²) >= 11 is 0. The minimum absolute atomic E-state index is 0.439. The van der Waals surface area contributed by atoms with E-state index < -0.39 is 0 Å². The van der Waals surface area contributed by atoms with Gasteiger partial charge in [0.15, 0.2) is 0 Å². The molecule has 1 aromatic carbocycles. The summed E-state index contributed by atoms with van der Waals surface area (Å²) in [6.07, 6.45) is 4.49. The SMILES string of the molecule is CCNC(c1ccn(Cc2c(C)cccc2C)c1)C(C)C. The second-order valence-electron chi connectivity index (χ2n) is 6.27. The van der Waals surface area contributed by atoms with Crippen LogP contribution in [0.15, 0.2) is 36.7 Å². The Balaban J connectivity index is 2.20. The summed E-state index contributed by atoms with van der Waals surface area (Å²) in [4.78, 5) is 0. The Labute approximate surface area is 129 Å². The normalized spacial score (nSPS) is 12.9. The topological polar surface area (TPSA) is 17.0 Å². The van der Waals surface area contributed by atoms with Gasteiger partial charge in [-0.05, 0) is 54.6 Å². The highest BCUT2D eigenvalue weighted by Gasteiger charge is 2.15. The van der Waals surface area contributed by atoms with Crippen molar-refractivity contribution in [1.82, 2.24) is 9.88 Å². The lowest BCUT2D eigenvalue weighted by Crippen LogP contribution is -2.25. The van der Waals surface area contributed by atoms with Crippen molar-refractivity contribution in [2.24, 2.45) is 5.92 Å². The minimum Gasteiger partial charge on any atom is -0.350 e. The summed E-state index contributed by atoms with van der Waals surface area (Å²) in [5, 5.41) is 3.58. The van der Waals surface area contributed by atoms with E-state index in [9.17, 15) is 0 Å². The fourth-order valence-corrected chi connectivity index (χ4v) is 2.98. The van der Waals surface area contributed by atoms with Crippen molar-refractivity contribution in [3.63, 3.8) is 0 Å². The maximum absolute atomic E-state index is 3.58.